The van der Waals surface area contributed by atoms with E-state index >= 15 is 0 Å². The van der Waals surface area contributed by atoms with E-state index in [0.717, 1.165) is 12.8 Å². The third-order valence-corrected chi connectivity index (χ3v) is 3.92. The third kappa shape index (κ3) is 4.11. The lowest BCUT2D eigenvalue weighted by molar-refractivity contribution is -0.163. The summed E-state index contributed by atoms with van der Waals surface area (Å²) in [5, 5.41) is 0. The zero-order chi connectivity index (χ0) is 13.7. The first-order valence-electron chi connectivity index (χ1n) is 7.19. The van der Waals surface area contributed by atoms with Crippen molar-refractivity contribution in [3.63, 3.8) is 0 Å². The molecule has 0 heterocycles. The van der Waals surface area contributed by atoms with E-state index in [2.05, 4.69) is 20.8 Å². The Morgan fingerprint density at radius 1 is 1.28 bits per heavy atom. The molecule has 1 fully saturated rings. The predicted octanol–water partition coefficient (Wildman–Crippen LogP) is 3.36. The second-order valence-electron chi connectivity index (χ2n) is 5.94. The molecule has 3 unspecified atom stereocenters. The summed E-state index contributed by atoms with van der Waals surface area (Å²) >= 11 is 0. The number of ketones is 1. The lowest BCUT2D eigenvalue weighted by atomic mass is 9.75. The molecule has 1 rings (SSSR count). The molecule has 0 saturated heterocycles. The molecule has 0 bridgehead atoms. The van der Waals surface area contributed by atoms with Crippen LogP contribution in [0.3, 0.4) is 0 Å². The molecule has 1 aliphatic carbocycles. The molecule has 3 atom stereocenters. The van der Waals surface area contributed by atoms with Gasteiger partial charge in [-0.2, -0.15) is 0 Å². The van der Waals surface area contributed by atoms with Crippen molar-refractivity contribution in [3.8, 4) is 0 Å². The van der Waals surface area contributed by atoms with Crippen LogP contribution in [0.4, 0.5) is 0 Å². The Labute approximate surface area is 110 Å². The van der Waals surface area contributed by atoms with Crippen LogP contribution in [-0.2, 0) is 14.3 Å². The predicted molar refractivity (Wildman–Crippen MR) is 71.1 cm³/mol. The highest BCUT2D eigenvalue weighted by molar-refractivity contribution is 6.33. The highest BCUT2D eigenvalue weighted by Gasteiger charge is 2.34. The summed E-state index contributed by atoms with van der Waals surface area (Å²) in [6.45, 7) is 8.40. The normalized spacial score (nSPS) is 28.2. The second kappa shape index (κ2) is 6.91. The minimum atomic E-state index is -0.624. The number of ether oxygens (including phenoxy) is 1. The summed E-state index contributed by atoms with van der Waals surface area (Å²) in [4.78, 5) is 23.2. The van der Waals surface area contributed by atoms with Crippen LogP contribution in [0.1, 0.15) is 59.8 Å². The van der Waals surface area contributed by atoms with Gasteiger partial charge in [-0.1, -0.05) is 34.1 Å². The Morgan fingerprint density at radius 2 is 1.94 bits per heavy atom. The van der Waals surface area contributed by atoms with Crippen LogP contribution in [0.2, 0.25) is 0 Å². The monoisotopic (exact) mass is 254 g/mol. The van der Waals surface area contributed by atoms with Gasteiger partial charge in [0.05, 0.1) is 0 Å². The Kier molecular flexibility index (Phi) is 5.83. The van der Waals surface area contributed by atoms with Crippen LogP contribution >= 0.6 is 0 Å². The van der Waals surface area contributed by atoms with Gasteiger partial charge in [-0.3, -0.25) is 4.79 Å². The van der Waals surface area contributed by atoms with Gasteiger partial charge < -0.3 is 4.74 Å². The molecule has 0 aromatic carbocycles. The molecule has 0 radical (unpaired) electrons. The van der Waals surface area contributed by atoms with E-state index in [9.17, 15) is 9.59 Å². The molecule has 0 aromatic rings. The van der Waals surface area contributed by atoms with Crippen LogP contribution in [0.25, 0.3) is 0 Å². The van der Waals surface area contributed by atoms with Crippen molar-refractivity contribution < 1.29 is 14.3 Å². The van der Waals surface area contributed by atoms with E-state index in [1.807, 2.05) is 6.92 Å². The van der Waals surface area contributed by atoms with Crippen molar-refractivity contribution in [2.45, 2.75) is 65.9 Å². The second-order valence-corrected chi connectivity index (χ2v) is 5.94. The van der Waals surface area contributed by atoms with E-state index in [0.29, 0.717) is 30.6 Å². The van der Waals surface area contributed by atoms with Crippen LogP contribution in [0, 0.1) is 17.8 Å². The van der Waals surface area contributed by atoms with Crippen LogP contribution < -0.4 is 0 Å². The number of hydrogen-bond donors (Lipinski definition) is 0. The molecular formula is C15H26O3. The molecule has 0 amide bonds. The van der Waals surface area contributed by atoms with Gasteiger partial charge in [-0.25, -0.2) is 4.79 Å². The van der Waals surface area contributed by atoms with E-state index in [1.54, 1.807) is 0 Å². The summed E-state index contributed by atoms with van der Waals surface area (Å²) in [5.74, 6) is 0.482. The number of carbonyl (C=O) groups excluding carboxylic acids is 2. The summed E-state index contributed by atoms with van der Waals surface area (Å²) in [5.41, 5.74) is 0. The first kappa shape index (κ1) is 15.2. The summed E-state index contributed by atoms with van der Waals surface area (Å²) in [7, 11) is 0. The fraction of sp³-hybridized carbons (Fsp3) is 0.867. The molecular weight excluding hydrogens is 228 g/mol. The van der Waals surface area contributed by atoms with Gasteiger partial charge in [0, 0.05) is 6.42 Å². The van der Waals surface area contributed by atoms with Gasteiger partial charge in [-0.05, 0) is 37.0 Å². The average Bonchev–Trinajstić information content (AvgIpc) is 2.28. The number of carbonyl (C=O) groups is 2. The molecule has 104 valence electrons. The molecule has 0 aromatic heterocycles. The van der Waals surface area contributed by atoms with Crippen molar-refractivity contribution in [1.29, 1.82) is 0 Å². The zero-order valence-corrected chi connectivity index (χ0v) is 12.1. The largest absolute Gasteiger partial charge is 0.456 e. The number of hydrogen-bond acceptors (Lipinski definition) is 3. The van der Waals surface area contributed by atoms with Gasteiger partial charge in [0.15, 0.2) is 0 Å². The maximum Gasteiger partial charge on any atom is 0.374 e. The van der Waals surface area contributed by atoms with Crippen molar-refractivity contribution in [1.82, 2.24) is 0 Å². The van der Waals surface area contributed by atoms with E-state index in [-0.39, 0.29) is 11.9 Å². The van der Waals surface area contributed by atoms with E-state index in [1.165, 1.54) is 6.42 Å². The van der Waals surface area contributed by atoms with E-state index in [4.69, 9.17) is 4.74 Å². The minimum Gasteiger partial charge on any atom is -0.456 e. The highest BCUT2D eigenvalue weighted by atomic mass is 16.5. The maximum atomic E-state index is 11.7. The Morgan fingerprint density at radius 3 is 2.50 bits per heavy atom. The number of Topliss-reactive ketones (excluding diaryl/α,β-unsaturated/α-hetero) is 1. The number of esters is 1. The van der Waals surface area contributed by atoms with Gasteiger partial charge >= 0.3 is 5.97 Å². The van der Waals surface area contributed by atoms with Gasteiger partial charge in [0.2, 0.25) is 5.78 Å². The van der Waals surface area contributed by atoms with Crippen LogP contribution in [0.15, 0.2) is 0 Å². The van der Waals surface area contributed by atoms with Crippen molar-refractivity contribution in [2.75, 3.05) is 0 Å². The van der Waals surface area contributed by atoms with Crippen LogP contribution in [0.5, 0.6) is 0 Å². The molecule has 0 aliphatic heterocycles. The first-order valence-corrected chi connectivity index (χ1v) is 7.19. The molecule has 18 heavy (non-hydrogen) atoms. The quantitative estimate of drug-likeness (QED) is 0.558. The maximum absolute atomic E-state index is 11.7. The topological polar surface area (TPSA) is 43.4 Å². The lowest BCUT2D eigenvalue weighted by Gasteiger charge is -2.36. The Bertz CT molecular complexity index is 296. The van der Waals surface area contributed by atoms with Crippen molar-refractivity contribution in [3.05, 3.63) is 0 Å². The molecule has 1 aliphatic rings. The molecule has 0 N–H and O–H groups in total. The van der Waals surface area contributed by atoms with E-state index < -0.39 is 5.97 Å². The SMILES string of the molecule is CCCC(=O)C(=O)OC1CC(C)CCC1C(C)C. The van der Waals surface area contributed by atoms with Crippen molar-refractivity contribution >= 4 is 11.8 Å². The summed E-state index contributed by atoms with van der Waals surface area (Å²) in [6, 6.07) is 0. The molecule has 1 saturated carbocycles. The minimum absolute atomic E-state index is 0.0675. The smallest absolute Gasteiger partial charge is 0.374 e. The van der Waals surface area contributed by atoms with Gasteiger partial charge in [0.1, 0.15) is 6.10 Å². The highest BCUT2D eigenvalue weighted by Crippen LogP contribution is 2.35. The zero-order valence-electron chi connectivity index (χ0n) is 12.1. The van der Waals surface area contributed by atoms with Gasteiger partial charge in [0.25, 0.3) is 0 Å². The molecule has 3 heteroatoms. The fourth-order valence-corrected chi connectivity index (χ4v) is 2.78. The first-order chi connectivity index (χ1) is 8.45. The number of rotatable bonds is 5. The van der Waals surface area contributed by atoms with Crippen LogP contribution in [-0.4, -0.2) is 17.9 Å². The molecule has 0 spiro atoms. The van der Waals surface area contributed by atoms with Gasteiger partial charge in [-0.15, -0.1) is 0 Å². The third-order valence-electron chi connectivity index (χ3n) is 3.92. The summed E-state index contributed by atoms with van der Waals surface area (Å²) in [6.07, 6.45) is 4.12. The average molecular weight is 254 g/mol. The molecule has 3 nitrogen and oxygen atoms in total. The fourth-order valence-electron chi connectivity index (χ4n) is 2.78. The lowest BCUT2D eigenvalue weighted by Crippen LogP contribution is -2.37. The standard InChI is InChI=1S/C15H26O3/c1-5-6-13(16)15(17)18-14-9-11(4)7-8-12(14)10(2)3/h10-12,14H,5-9H2,1-4H3. The Balaban J connectivity index is 2.60. The summed E-state index contributed by atoms with van der Waals surface area (Å²) < 4.78 is 5.46. The van der Waals surface area contributed by atoms with Crippen molar-refractivity contribution in [2.24, 2.45) is 17.8 Å². The Hall–Kier alpha value is -0.860.